The zero-order chi connectivity index (χ0) is 14.8. The number of hydrogen-bond acceptors (Lipinski definition) is 1. The molecule has 2 N–H and O–H groups in total. The highest BCUT2D eigenvalue weighted by atomic mass is 16.2. The minimum Gasteiger partial charge on any atom is -0.331 e. The highest BCUT2D eigenvalue weighted by Crippen LogP contribution is 2.30. The average molecular weight is 280 g/mol. The first-order valence-corrected chi connectivity index (χ1v) is 7.35. The molecule has 0 heterocycles. The van der Waals surface area contributed by atoms with Crippen molar-refractivity contribution in [1.29, 1.82) is 0 Å². The van der Waals surface area contributed by atoms with Gasteiger partial charge in [0.2, 0.25) is 0 Å². The van der Waals surface area contributed by atoms with Crippen LogP contribution >= 0.6 is 0 Å². The third-order valence-electron chi connectivity index (χ3n) is 3.92. The molecule has 0 aromatic heterocycles. The Morgan fingerprint density at radius 2 is 1.81 bits per heavy atom. The summed E-state index contributed by atoms with van der Waals surface area (Å²) in [4.78, 5) is 12.2. The first-order valence-electron chi connectivity index (χ1n) is 7.35. The molecule has 2 aromatic carbocycles. The van der Waals surface area contributed by atoms with E-state index in [-0.39, 0.29) is 12.1 Å². The Bertz CT molecular complexity index is 658. The maximum atomic E-state index is 12.2. The summed E-state index contributed by atoms with van der Waals surface area (Å²) >= 11 is 0. The summed E-state index contributed by atoms with van der Waals surface area (Å²) in [5.41, 5.74) is 5.73. The van der Waals surface area contributed by atoms with Crippen molar-refractivity contribution in [3.8, 4) is 0 Å². The van der Waals surface area contributed by atoms with Crippen LogP contribution in [0.2, 0.25) is 0 Å². The third kappa shape index (κ3) is 3.07. The highest BCUT2D eigenvalue weighted by Gasteiger charge is 2.23. The fraction of sp³-hybridized carbons (Fsp3) is 0.278. The zero-order valence-corrected chi connectivity index (χ0v) is 12.4. The molecule has 0 saturated heterocycles. The van der Waals surface area contributed by atoms with Gasteiger partial charge >= 0.3 is 6.03 Å². The van der Waals surface area contributed by atoms with Crippen molar-refractivity contribution in [1.82, 2.24) is 5.32 Å². The minimum atomic E-state index is -0.137. The van der Waals surface area contributed by atoms with Crippen LogP contribution < -0.4 is 10.6 Å². The van der Waals surface area contributed by atoms with Gasteiger partial charge in [-0.2, -0.15) is 0 Å². The molecule has 1 unspecified atom stereocenters. The van der Waals surface area contributed by atoms with Crippen molar-refractivity contribution >= 4 is 11.7 Å². The van der Waals surface area contributed by atoms with Crippen LogP contribution in [0, 0.1) is 13.8 Å². The number of nitrogens with one attached hydrogen (secondary N) is 2. The van der Waals surface area contributed by atoms with Gasteiger partial charge in [0, 0.05) is 5.69 Å². The largest absolute Gasteiger partial charge is 0.331 e. The number of benzene rings is 2. The molecular weight excluding hydrogens is 260 g/mol. The van der Waals surface area contributed by atoms with Crippen LogP contribution in [-0.2, 0) is 6.42 Å². The first kappa shape index (κ1) is 13.7. The molecule has 0 spiro atoms. The molecule has 0 bridgehead atoms. The van der Waals surface area contributed by atoms with Crippen LogP contribution in [0.5, 0.6) is 0 Å². The lowest BCUT2D eigenvalue weighted by atomic mass is 10.1. The van der Waals surface area contributed by atoms with Crippen molar-refractivity contribution < 1.29 is 4.79 Å². The second-order valence-corrected chi connectivity index (χ2v) is 5.76. The summed E-state index contributed by atoms with van der Waals surface area (Å²) in [5.74, 6) is 0. The molecule has 1 atom stereocenters. The maximum Gasteiger partial charge on any atom is 0.319 e. The molecule has 1 aliphatic rings. The molecule has 108 valence electrons. The maximum absolute atomic E-state index is 12.2. The van der Waals surface area contributed by atoms with E-state index in [1.165, 1.54) is 11.1 Å². The van der Waals surface area contributed by atoms with Crippen LogP contribution in [0.1, 0.15) is 34.7 Å². The Morgan fingerprint density at radius 3 is 2.57 bits per heavy atom. The smallest absolute Gasteiger partial charge is 0.319 e. The number of anilines is 1. The number of fused-ring (bicyclic) bond motifs is 1. The zero-order valence-electron chi connectivity index (χ0n) is 12.4. The molecule has 0 saturated carbocycles. The van der Waals surface area contributed by atoms with Crippen LogP contribution in [0.25, 0.3) is 0 Å². The van der Waals surface area contributed by atoms with Crippen molar-refractivity contribution in [2.24, 2.45) is 0 Å². The molecule has 0 radical (unpaired) electrons. The van der Waals surface area contributed by atoms with E-state index in [1.807, 2.05) is 32.0 Å². The SMILES string of the molecule is Cc1cc(C)cc(NC(=O)NC2CCc3ccccc32)c1. The van der Waals surface area contributed by atoms with Gasteiger partial charge in [0.05, 0.1) is 6.04 Å². The standard InChI is InChI=1S/C18H20N2O/c1-12-9-13(2)11-15(10-12)19-18(21)20-17-8-7-14-5-3-4-6-16(14)17/h3-6,9-11,17H,7-8H2,1-2H3,(H2,19,20,21). The van der Waals surface area contributed by atoms with E-state index in [0.29, 0.717) is 0 Å². The molecule has 0 fully saturated rings. The van der Waals surface area contributed by atoms with Gasteiger partial charge in [0.15, 0.2) is 0 Å². The van der Waals surface area contributed by atoms with Crippen LogP contribution in [-0.4, -0.2) is 6.03 Å². The second-order valence-electron chi connectivity index (χ2n) is 5.76. The number of carbonyl (C=O) groups is 1. The van der Waals surface area contributed by atoms with Crippen molar-refractivity contribution in [3.63, 3.8) is 0 Å². The monoisotopic (exact) mass is 280 g/mol. The van der Waals surface area contributed by atoms with Crippen LogP contribution in [0.15, 0.2) is 42.5 Å². The molecule has 21 heavy (non-hydrogen) atoms. The van der Waals surface area contributed by atoms with Crippen molar-refractivity contribution in [3.05, 3.63) is 64.7 Å². The Labute approximate surface area is 125 Å². The van der Waals surface area contributed by atoms with Gasteiger partial charge in [0.25, 0.3) is 0 Å². The van der Waals surface area contributed by atoms with Crippen molar-refractivity contribution in [2.75, 3.05) is 5.32 Å². The van der Waals surface area contributed by atoms with Gasteiger partial charge in [-0.3, -0.25) is 0 Å². The van der Waals surface area contributed by atoms with Gasteiger partial charge < -0.3 is 10.6 Å². The Balaban J connectivity index is 1.68. The van der Waals surface area contributed by atoms with Gasteiger partial charge in [-0.1, -0.05) is 30.3 Å². The normalized spacial score (nSPS) is 16.4. The average Bonchev–Trinajstić information content (AvgIpc) is 2.81. The Morgan fingerprint density at radius 1 is 1.10 bits per heavy atom. The lowest BCUT2D eigenvalue weighted by Crippen LogP contribution is -2.31. The quantitative estimate of drug-likeness (QED) is 0.854. The number of hydrogen-bond donors (Lipinski definition) is 2. The van der Waals surface area contributed by atoms with Crippen molar-refractivity contribution in [2.45, 2.75) is 32.7 Å². The summed E-state index contributed by atoms with van der Waals surface area (Å²) in [6.45, 7) is 4.06. The van der Waals surface area contributed by atoms with E-state index in [0.717, 1.165) is 29.7 Å². The summed E-state index contributed by atoms with van der Waals surface area (Å²) in [6, 6.07) is 14.4. The molecule has 2 aromatic rings. The summed E-state index contributed by atoms with van der Waals surface area (Å²) < 4.78 is 0. The summed E-state index contributed by atoms with van der Waals surface area (Å²) in [5, 5.41) is 6.00. The van der Waals surface area contributed by atoms with E-state index in [4.69, 9.17) is 0 Å². The molecule has 0 aliphatic heterocycles. The first-order chi connectivity index (χ1) is 10.1. The fourth-order valence-corrected chi connectivity index (χ4v) is 3.08. The number of urea groups is 1. The summed E-state index contributed by atoms with van der Waals surface area (Å²) in [7, 11) is 0. The van der Waals surface area contributed by atoms with Gasteiger partial charge in [-0.25, -0.2) is 4.79 Å². The van der Waals surface area contributed by atoms with E-state index >= 15 is 0 Å². The Kier molecular flexibility index (Phi) is 3.65. The van der Waals surface area contributed by atoms with E-state index in [9.17, 15) is 4.79 Å². The molecule has 1 aliphatic carbocycles. The number of amides is 2. The van der Waals surface area contributed by atoms with E-state index < -0.39 is 0 Å². The second kappa shape index (κ2) is 5.60. The minimum absolute atomic E-state index is 0.118. The van der Waals surface area contributed by atoms with Crippen LogP contribution in [0.3, 0.4) is 0 Å². The highest BCUT2D eigenvalue weighted by molar-refractivity contribution is 5.89. The van der Waals surface area contributed by atoms with E-state index in [2.05, 4.69) is 34.9 Å². The van der Waals surface area contributed by atoms with Gasteiger partial charge in [-0.15, -0.1) is 0 Å². The van der Waals surface area contributed by atoms with Crippen LogP contribution in [0.4, 0.5) is 10.5 Å². The van der Waals surface area contributed by atoms with Gasteiger partial charge in [-0.05, 0) is 61.1 Å². The summed E-state index contributed by atoms with van der Waals surface area (Å²) in [6.07, 6.45) is 2.00. The number of rotatable bonds is 2. The van der Waals surface area contributed by atoms with Gasteiger partial charge in [0.1, 0.15) is 0 Å². The predicted molar refractivity (Wildman–Crippen MR) is 85.6 cm³/mol. The molecule has 3 rings (SSSR count). The molecular formula is C18H20N2O. The third-order valence-corrected chi connectivity index (χ3v) is 3.92. The topological polar surface area (TPSA) is 41.1 Å². The molecule has 2 amide bonds. The fourth-order valence-electron chi connectivity index (χ4n) is 3.08. The number of carbonyl (C=O) groups excluding carboxylic acids is 1. The lowest BCUT2D eigenvalue weighted by Gasteiger charge is -2.15. The lowest BCUT2D eigenvalue weighted by molar-refractivity contribution is 0.248. The molecule has 3 nitrogen and oxygen atoms in total. The molecule has 3 heteroatoms. The van der Waals surface area contributed by atoms with E-state index in [1.54, 1.807) is 0 Å². The number of aryl methyl sites for hydroxylation is 3. The Hall–Kier alpha value is -2.29. The predicted octanol–water partition coefficient (Wildman–Crippen LogP) is 4.11.